The number of H-pyrrole nitrogens is 1. The van der Waals surface area contributed by atoms with Crippen molar-refractivity contribution in [2.75, 3.05) is 6.54 Å². The maximum Gasteiger partial charge on any atom is 0.220 e. The van der Waals surface area contributed by atoms with Gasteiger partial charge in [-0.3, -0.25) is 4.79 Å². The van der Waals surface area contributed by atoms with Gasteiger partial charge in [-0.2, -0.15) is 0 Å². The minimum absolute atomic E-state index is 0. The van der Waals surface area contributed by atoms with E-state index in [-0.39, 0.29) is 36.8 Å². The Labute approximate surface area is 168 Å². The maximum absolute atomic E-state index is 12.3. The molecule has 1 amide bonds. The lowest BCUT2D eigenvalue weighted by Gasteiger charge is -2.18. The quantitative estimate of drug-likeness (QED) is 0.510. The molecule has 1 aromatic carbocycles. The molecule has 148 valence electrons. The summed E-state index contributed by atoms with van der Waals surface area (Å²) in [7, 11) is 0. The molecule has 0 aliphatic heterocycles. The molecule has 26 heavy (non-hydrogen) atoms. The second-order valence-electron chi connectivity index (χ2n) is 6.84. The summed E-state index contributed by atoms with van der Waals surface area (Å²) in [6.07, 6.45) is 5.56. The fraction of sp³-hybridized carbons (Fsp3) is 0.579. The zero-order valence-electron chi connectivity index (χ0n) is 15.7. The zero-order valence-corrected chi connectivity index (χ0v) is 17.3. The Hall–Kier alpha value is -1.30. The number of hydrogen-bond donors (Lipinski definition) is 3. The van der Waals surface area contributed by atoms with E-state index in [9.17, 15) is 4.79 Å². The van der Waals surface area contributed by atoms with Gasteiger partial charge in [-0.1, -0.05) is 38.8 Å². The third kappa shape index (κ3) is 7.94. The summed E-state index contributed by atoms with van der Waals surface area (Å²) in [4.78, 5) is 20.3. The molecule has 0 aliphatic carbocycles. The van der Waals surface area contributed by atoms with Crippen LogP contribution < -0.4 is 11.1 Å². The Morgan fingerprint density at radius 3 is 2.50 bits per heavy atom. The molecule has 0 spiro atoms. The highest BCUT2D eigenvalue weighted by Gasteiger charge is 2.19. The molecule has 1 unspecified atom stereocenters. The molecule has 0 saturated heterocycles. The first-order valence-corrected chi connectivity index (χ1v) is 9.04. The predicted octanol–water partition coefficient (Wildman–Crippen LogP) is 4.52. The molecule has 0 fully saturated rings. The van der Waals surface area contributed by atoms with Crippen LogP contribution in [0.5, 0.6) is 0 Å². The van der Waals surface area contributed by atoms with Gasteiger partial charge in [0.15, 0.2) is 0 Å². The van der Waals surface area contributed by atoms with E-state index < -0.39 is 0 Å². The second-order valence-corrected chi connectivity index (χ2v) is 6.84. The van der Waals surface area contributed by atoms with Gasteiger partial charge < -0.3 is 16.0 Å². The van der Waals surface area contributed by atoms with E-state index in [1.165, 1.54) is 0 Å². The molecule has 4 N–H and O–H groups in total. The summed E-state index contributed by atoms with van der Waals surface area (Å²) in [5.41, 5.74) is 7.44. The number of nitrogens with one attached hydrogen (secondary N) is 2. The molecule has 5 nitrogen and oxygen atoms in total. The van der Waals surface area contributed by atoms with Crippen LogP contribution in [0.3, 0.4) is 0 Å². The zero-order chi connectivity index (χ0) is 17.4. The predicted molar refractivity (Wildman–Crippen MR) is 113 cm³/mol. The van der Waals surface area contributed by atoms with Gasteiger partial charge in [-0.15, -0.1) is 24.8 Å². The van der Waals surface area contributed by atoms with Crippen molar-refractivity contribution in [2.24, 2.45) is 11.7 Å². The smallest absolute Gasteiger partial charge is 0.220 e. The van der Waals surface area contributed by atoms with Crippen molar-refractivity contribution in [3.8, 4) is 0 Å². The molecule has 0 radical (unpaired) electrons. The lowest BCUT2D eigenvalue weighted by molar-refractivity contribution is -0.122. The monoisotopic (exact) mass is 402 g/mol. The molecule has 0 aliphatic rings. The van der Waals surface area contributed by atoms with Gasteiger partial charge in [0.1, 0.15) is 5.82 Å². The first-order valence-electron chi connectivity index (χ1n) is 9.04. The number of hydrogen-bond acceptors (Lipinski definition) is 3. The molecule has 2 rings (SSSR count). The van der Waals surface area contributed by atoms with Crippen molar-refractivity contribution in [3.63, 3.8) is 0 Å². The van der Waals surface area contributed by atoms with Crippen LogP contribution >= 0.6 is 24.8 Å². The van der Waals surface area contributed by atoms with E-state index in [1.54, 1.807) is 0 Å². The van der Waals surface area contributed by atoms with Crippen molar-refractivity contribution in [2.45, 2.75) is 58.4 Å². The Morgan fingerprint density at radius 2 is 1.85 bits per heavy atom. The normalized spacial score (nSPS) is 11.7. The van der Waals surface area contributed by atoms with E-state index in [4.69, 9.17) is 5.73 Å². The Kier molecular flexibility index (Phi) is 12.3. The van der Waals surface area contributed by atoms with Crippen molar-refractivity contribution >= 4 is 41.8 Å². The fourth-order valence-electron chi connectivity index (χ4n) is 2.90. The van der Waals surface area contributed by atoms with Crippen LogP contribution in [0.2, 0.25) is 0 Å². The second kappa shape index (κ2) is 13.0. The highest BCUT2D eigenvalue weighted by molar-refractivity contribution is 5.85. The first kappa shape index (κ1) is 24.7. The van der Waals surface area contributed by atoms with Crippen molar-refractivity contribution in [1.82, 2.24) is 15.3 Å². The van der Waals surface area contributed by atoms with Crippen molar-refractivity contribution < 1.29 is 4.79 Å². The molecule has 7 heteroatoms. The third-order valence-corrected chi connectivity index (χ3v) is 4.14. The van der Waals surface area contributed by atoms with E-state index in [1.807, 2.05) is 24.3 Å². The topological polar surface area (TPSA) is 83.8 Å². The van der Waals surface area contributed by atoms with Crippen LogP contribution in [0.15, 0.2) is 24.3 Å². The number of carbonyl (C=O) groups excluding carboxylic acids is 1. The molecule has 0 saturated carbocycles. The number of rotatable bonds is 10. The van der Waals surface area contributed by atoms with Crippen LogP contribution in [-0.4, -0.2) is 22.4 Å². The van der Waals surface area contributed by atoms with Gasteiger partial charge in [0.05, 0.1) is 17.1 Å². The van der Waals surface area contributed by atoms with Gasteiger partial charge in [0.2, 0.25) is 5.91 Å². The third-order valence-electron chi connectivity index (χ3n) is 4.14. The first-order chi connectivity index (χ1) is 11.6. The number of nitrogens with zero attached hydrogens (tertiary/aromatic N) is 1. The lowest BCUT2D eigenvalue weighted by Crippen LogP contribution is -2.30. The van der Waals surface area contributed by atoms with Crippen LogP contribution in [0, 0.1) is 5.92 Å². The van der Waals surface area contributed by atoms with Crippen LogP contribution in [0.4, 0.5) is 0 Å². The van der Waals surface area contributed by atoms with Gasteiger partial charge in [-0.05, 0) is 43.9 Å². The van der Waals surface area contributed by atoms with Crippen molar-refractivity contribution in [1.29, 1.82) is 0 Å². The van der Waals surface area contributed by atoms with E-state index >= 15 is 0 Å². The molecule has 1 aromatic heterocycles. The average Bonchev–Trinajstić information content (AvgIpc) is 2.97. The average molecular weight is 403 g/mol. The summed E-state index contributed by atoms with van der Waals surface area (Å²) in [6.45, 7) is 5.05. The molecule has 0 bridgehead atoms. The largest absolute Gasteiger partial charge is 0.346 e. The number of imidazole rings is 1. The summed E-state index contributed by atoms with van der Waals surface area (Å²) in [6, 6.07) is 7.90. The molecular formula is C19H32Cl2N4O. The summed E-state index contributed by atoms with van der Waals surface area (Å²) >= 11 is 0. The summed E-state index contributed by atoms with van der Waals surface area (Å²) in [5.74, 6) is 1.43. The Balaban J connectivity index is 0.00000312. The number of halogens is 2. The Bertz CT molecular complexity index is 612. The number of carbonyl (C=O) groups is 1. The number of nitrogens with two attached hydrogens (primary N) is 1. The molecular weight excluding hydrogens is 371 g/mol. The van der Waals surface area contributed by atoms with Gasteiger partial charge >= 0.3 is 0 Å². The minimum Gasteiger partial charge on any atom is -0.346 e. The SMILES string of the molecule is CC(C)CC(NC(=O)CCCCCCN)c1nc2ccccc2[nH]1.Cl.Cl. The number of para-hydroxylation sites is 2. The minimum atomic E-state index is -0.0612. The number of unbranched alkanes of at least 4 members (excludes halogenated alkanes) is 3. The van der Waals surface area contributed by atoms with Crippen LogP contribution in [-0.2, 0) is 4.79 Å². The number of aromatic nitrogens is 2. The lowest BCUT2D eigenvalue weighted by atomic mass is 10.0. The summed E-state index contributed by atoms with van der Waals surface area (Å²) < 4.78 is 0. The van der Waals surface area contributed by atoms with E-state index in [2.05, 4.69) is 29.1 Å². The van der Waals surface area contributed by atoms with Gasteiger partial charge in [0.25, 0.3) is 0 Å². The standard InChI is InChI=1S/C19H30N4O.2ClH/c1-14(2)13-17(21-18(24)11-5-3-4-8-12-20)19-22-15-9-6-7-10-16(15)23-19;;/h6-7,9-10,14,17H,3-5,8,11-13,20H2,1-2H3,(H,21,24)(H,22,23);2*1H. The number of fused-ring (bicyclic) bond motifs is 1. The number of benzene rings is 1. The van der Waals surface area contributed by atoms with E-state index in [0.717, 1.165) is 55.5 Å². The molecule has 1 atom stereocenters. The van der Waals surface area contributed by atoms with Crippen LogP contribution in [0.25, 0.3) is 11.0 Å². The molecule has 2 aromatic rings. The Morgan fingerprint density at radius 1 is 1.15 bits per heavy atom. The highest BCUT2D eigenvalue weighted by Crippen LogP contribution is 2.22. The molecule has 1 heterocycles. The van der Waals surface area contributed by atoms with Gasteiger partial charge in [0, 0.05) is 6.42 Å². The fourth-order valence-corrected chi connectivity index (χ4v) is 2.90. The number of amides is 1. The van der Waals surface area contributed by atoms with Crippen LogP contribution in [0.1, 0.15) is 64.2 Å². The maximum atomic E-state index is 12.3. The van der Waals surface area contributed by atoms with E-state index in [0.29, 0.717) is 12.3 Å². The number of aromatic amines is 1. The van der Waals surface area contributed by atoms with Gasteiger partial charge in [-0.25, -0.2) is 4.98 Å². The highest BCUT2D eigenvalue weighted by atomic mass is 35.5. The summed E-state index contributed by atoms with van der Waals surface area (Å²) in [5, 5.41) is 3.16. The van der Waals surface area contributed by atoms with Crippen molar-refractivity contribution in [3.05, 3.63) is 30.1 Å².